The van der Waals surface area contributed by atoms with Gasteiger partial charge in [-0.2, -0.15) is 0 Å². The van der Waals surface area contributed by atoms with Crippen LogP contribution in [-0.4, -0.2) is 74.5 Å². The third-order valence-electron chi connectivity index (χ3n) is 5.38. The van der Waals surface area contributed by atoms with Gasteiger partial charge in [0.1, 0.15) is 17.6 Å². The topological polar surface area (TPSA) is 123 Å². The first-order valence-corrected chi connectivity index (χ1v) is 13.0. The lowest BCUT2D eigenvalue weighted by Crippen LogP contribution is -2.48. The Labute approximate surface area is 218 Å². The van der Waals surface area contributed by atoms with Crippen molar-refractivity contribution in [2.24, 2.45) is 10.8 Å². The Hall–Kier alpha value is -1.84. The first-order chi connectivity index (χ1) is 16.4. The maximum absolute atomic E-state index is 12.7. The van der Waals surface area contributed by atoms with E-state index in [2.05, 4.69) is 36.7 Å². The summed E-state index contributed by atoms with van der Waals surface area (Å²) in [7, 11) is 0. The van der Waals surface area contributed by atoms with Crippen LogP contribution >= 0.6 is 0 Å². The molecule has 0 bridgehead atoms. The van der Waals surface area contributed by atoms with E-state index in [4.69, 9.17) is 9.47 Å². The van der Waals surface area contributed by atoms with Gasteiger partial charge in [0.15, 0.2) is 0 Å². The summed E-state index contributed by atoms with van der Waals surface area (Å²) in [5, 5.41) is 8.79. The average molecular weight is 514 g/mol. The maximum atomic E-state index is 12.7. The predicted molar refractivity (Wildman–Crippen MR) is 142 cm³/mol. The van der Waals surface area contributed by atoms with E-state index in [9.17, 15) is 19.2 Å². The quantitative estimate of drug-likeness (QED) is 0.256. The van der Waals surface area contributed by atoms with Crippen molar-refractivity contribution in [2.75, 3.05) is 39.5 Å². The number of Topliss-reactive ketones (excluding diaryl/α,β-unsaturated/α-hetero) is 2. The number of rotatable bonds is 17. The van der Waals surface area contributed by atoms with Crippen LogP contribution in [0.4, 0.5) is 0 Å². The molecule has 0 aromatic rings. The van der Waals surface area contributed by atoms with Gasteiger partial charge in [-0.25, -0.2) is 0 Å². The Morgan fingerprint density at radius 3 is 1.67 bits per heavy atom. The molecule has 0 aliphatic heterocycles. The summed E-state index contributed by atoms with van der Waals surface area (Å²) >= 11 is 0. The Morgan fingerprint density at radius 2 is 1.17 bits per heavy atom. The second-order valence-corrected chi connectivity index (χ2v) is 12.2. The molecule has 0 radical (unpaired) electrons. The number of carbonyl (C=O) groups excluding carboxylic acids is 4. The summed E-state index contributed by atoms with van der Waals surface area (Å²) in [6.07, 6.45) is 0.465. The summed E-state index contributed by atoms with van der Waals surface area (Å²) < 4.78 is 11.0. The highest BCUT2D eigenvalue weighted by atomic mass is 16.5. The molecule has 0 rings (SSSR count). The molecule has 0 saturated heterocycles. The molecule has 0 heterocycles. The zero-order valence-electron chi connectivity index (χ0n) is 24.1. The van der Waals surface area contributed by atoms with E-state index in [1.54, 1.807) is 20.8 Å². The highest BCUT2D eigenvalue weighted by molar-refractivity contribution is 5.91. The molecule has 0 aromatic carbocycles. The van der Waals surface area contributed by atoms with Crippen molar-refractivity contribution in [2.45, 2.75) is 99.6 Å². The molecule has 0 aliphatic rings. The van der Waals surface area contributed by atoms with Gasteiger partial charge in [-0.3, -0.25) is 19.2 Å². The van der Waals surface area contributed by atoms with Crippen LogP contribution in [0.15, 0.2) is 0 Å². The Balaban J connectivity index is 4.52. The minimum absolute atomic E-state index is 0.00147. The smallest absolute Gasteiger partial charge is 0.242 e. The zero-order chi connectivity index (χ0) is 28.0. The van der Waals surface area contributed by atoms with Crippen molar-refractivity contribution in [3.63, 3.8) is 0 Å². The van der Waals surface area contributed by atoms with Crippen LogP contribution in [0.3, 0.4) is 0 Å². The van der Waals surface area contributed by atoms with Crippen LogP contribution in [0.1, 0.15) is 88.0 Å². The second-order valence-electron chi connectivity index (χ2n) is 12.2. The molecule has 36 heavy (non-hydrogen) atoms. The van der Waals surface area contributed by atoms with Crippen LogP contribution in [0, 0.1) is 10.8 Å². The summed E-state index contributed by atoms with van der Waals surface area (Å²) in [6, 6.07) is -0.854. The van der Waals surface area contributed by atoms with E-state index in [0.717, 1.165) is 6.54 Å². The third-order valence-corrected chi connectivity index (χ3v) is 5.38. The number of hydrogen-bond donors (Lipinski definition) is 3. The van der Waals surface area contributed by atoms with Gasteiger partial charge >= 0.3 is 0 Å². The van der Waals surface area contributed by atoms with Crippen molar-refractivity contribution in [3.05, 3.63) is 0 Å². The van der Waals surface area contributed by atoms with Crippen molar-refractivity contribution in [1.82, 2.24) is 16.0 Å². The molecule has 2 amide bonds. The molecule has 210 valence electrons. The molecule has 0 fully saturated rings. The van der Waals surface area contributed by atoms with Crippen molar-refractivity contribution >= 4 is 23.4 Å². The maximum Gasteiger partial charge on any atom is 0.242 e. The summed E-state index contributed by atoms with van der Waals surface area (Å²) in [4.78, 5) is 49.7. The van der Waals surface area contributed by atoms with E-state index in [0.29, 0.717) is 26.4 Å². The molecule has 1 atom stereocenters. The third kappa shape index (κ3) is 17.6. The van der Waals surface area contributed by atoms with Crippen LogP contribution < -0.4 is 16.0 Å². The Morgan fingerprint density at radius 1 is 0.667 bits per heavy atom. The fourth-order valence-corrected chi connectivity index (χ4v) is 2.98. The molecule has 1 unspecified atom stereocenters. The van der Waals surface area contributed by atoms with Gasteiger partial charge in [-0.1, -0.05) is 41.5 Å². The van der Waals surface area contributed by atoms with Crippen molar-refractivity contribution in [3.8, 4) is 0 Å². The minimum atomic E-state index is -0.854. The molecule has 0 spiro atoms. The SMILES string of the molecule is CC(C)(C)NCCOCCOCCNC(=O)C(CCC(=O)C(C)(C)C)NC(=O)CCC(=O)C(C)(C)C. The van der Waals surface area contributed by atoms with Gasteiger partial charge in [0.2, 0.25) is 11.8 Å². The Bertz CT molecular complexity index is 702. The lowest BCUT2D eigenvalue weighted by Gasteiger charge is -2.22. The van der Waals surface area contributed by atoms with E-state index in [1.165, 1.54) is 0 Å². The van der Waals surface area contributed by atoms with E-state index in [-0.39, 0.29) is 61.1 Å². The van der Waals surface area contributed by atoms with Gasteiger partial charge < -0.3 is 25.4 Å². The van der Waals surface area contributed by atoms with Crippen LogP contribution in [0.5, 0.6) is 0 Å². The van der Waals surface area contributed by atoms with E-state index >= 15 is 0 Å². The number of carbonyl (C=O) groups is 4. The minimum Gasteiger partial charge on any atom is -0.378 e. The molecule has 0 saturated carbocycles. The molecule has 0 aliphatic carbocycles. The van der Waals surface area contributed by atoms with Gasteiger partial charge in [0.25, 0.3) is 0 Å². The molecule has 0 aromatic heterocycles. The molecular weight excluding hydrogens is 462 g/mol. The van der Waals surface area contributed by atoms with Crippen LogP contribution in [0.25, 0.3) is 0 Å². The number of nitrogens with one attached hydrogen (secondary N) is 3. The first kappa shape index (κ1) is 34.2. The fraction of sp³-hybridized carbons (Fsp3) is 0.852. The molecular formula is C27H51N3O6. The van der Waals surface area contributed by atoms with Crippen LogP contribution in [0.2, 0.25) is 0 Å². The van der Waals surface area contributed by atoms with Gasteiger partial charge in [0.05, 0.1) is 26.4 Å². The highest BCUT2D eigenvalue weighted by Gasteiger charge is 2.27. The zero-order valence-corrected chi connectivity index (χ0v) is 24.1. The number of ether oxygens (including phenoxy) is 2. The molecule has 3 N–H and O–H groups in total. The monoisotopic (exact) mass is 513 g/mol. The van der Waals surface area contributed by atoms with Gasteiger partial charge in [-0.15, -0.1) is 0 Å². The number of amides is 2. The normalized spacial score (nSPS) is 13.2. The van der Waals surface area contributed by atoms with Crippen molar-refractivity contribution < 1.29 is 28.7 Å². The van der Waals surface area contributed by atoms with Crippen LogP contribution in [-0.2, 0) is 28.7 Å². The largest absolute Gasteiger partial charge is 0.378 e. The number of ketones is 2. The number of hydrogen-bond acceptors (Lipinski definition) is 7. The molecule has 9 nitrogen and oxygen atoms in total. The van der Waals surface area contributed by atoms with Crippen molar-refractivity contribution in [1.29, 1.82) is 0 Å². The first-order valence-electron chi connectivity index (χ1n) is 13.0. The summed E-state index contributed by atoms with van der Waals surface area (Å²) in [5.41, 5.74) is -0.993. The predicted octanol–water partition coefficient (Wildman–Crippen LogP) is 2.80. The lowest BCUT2D eigenvalue weighted by atomic mass is 9.87. The van der Waals surface area contributed by atoms with E-state index < -0.39 is 16.9 Å². The Kier molecular flexibility index (Phi) is 15.3. The molecule has 9 heteroatoms. The average Bonchev–Trinajstić information content (AvgIpc) is 2.73. The lowest BCUT2D eigenvalue weighted by molar-refractivity contribution is -0.132. The van der Waals surface area contributed by atoms with Gasteiger partial charge in [-0.05, 0) is 27.2 Å². The fourth-order valence-electron chi connectivity index (χ4n) is 2.98. The summed E-state index contributed by atoms with van der Waals surface area (Å²) in [6.45, 7) is 20.0. The standard InChI is InChI=1S/C27H51N3O6/c1-25(2,3)21(31)11-10-20(30-23(33)13-12-22(32)26(4,5)6)24(34)28-14-16-35-18-19-36-17-15-29-27(7,8)9/h20,29H,10-19H2,1-9H3,(H,28,34)(H,30,33). The highest BCUT2D eigenvalue weighted by Crippen LogP contribution is 2.19. The second kappa shape index (κ2) is 16.1. The van der Waals surface area contributed by atoms with E-state index in [1.807, 2.05) is 20.8 Å². The summed E-state index contributed by atoms with van der Waals surface area (Å²) in [5.74, 6) is -0.766. The van der Waals surface area contributed by atoms with Gasteiger partial charge in [0, 0.05) is 48.7 Å².